The zero-order valence-corrected chi connectivity index (χ0v) is 20.5. The van der Waals surface area contributed by atoms with Gasteiger partial charge < -0.3 is 14.8 Å². The Morgan fingerprint density at radius 3 is 2.33 bits per heavy atom. The summed E-state index contributed by atoms with van der Waals surface area (Å²) in [5, 5.41) is 2.02. The van der Waals surface area contributed by atoms with Crippen molar-refractivity contribution in [2.45, 2.75) is 30.6 Å². The largest absolute Gasteiger partial charge is 0.361 e. The van der Waals surface area contributed by atoms with Gasteiger partial charge in [-0.3, -0.25) is 0 Å². The van der Waals surface area contributed by atoms with Crippen LogP contribution >= 0.6 is 11.6 Å². The number of aromatic nitrogens is 1. The zero-order valence-electron chi connectivity index (χ0n) is 19.0. The normalized spacial score (nSPS) is 15.9. The molecule has 1 aliphatic rings. The van der Waals surface area contributed by atoms with Gasteiger partial charge >= 0.3 is 0 Å². The Kier molecular flexibility index (Phi) is 8.44. The number of benzene rings is 2. The summed E-state index contributed by atoms with van der Waals surface area (Å²) in [5.41, 5.74) is 2.49. The fourth-order valence-electron chi connectivity index (χ4n) is 4.44. The predicted molar refractivity (Wildman–Crippen MR) is 135 cm³/mol. The summed E-state index contributed by atoms with van der Waals surface area (Å²) >= 11 is 6.16. The lowest BCUT2D eigenvalue weighted by molar-refractivity contribution is 0.130. The molecule has 178 valence electrons. The van der Waals surface area contributed by atoms with Gasteiger partial charge in [0.05, 0.1) is 4.90 Å². The van der Waals surface area contributed by atoms with Gasteiger partial charge in [-0.25, -0.2) is 13.1 Å². The van der Waals surface area contributed by atoms with E-state index in [0.29, 0.717) is 11.4 Å². The first-order chi connectivity index (χ1) is 16.0. The maximum Gasteiger partial charge on any atom is 0.240 e. The summed E-state index contributed by atoms with van der Waals surface area (Å²) in [6.07, 6.45) is 6.15. The molecule has 0 aliphatic carbocycles. The number of rotatable bonds is 11. The summed E-state index contributed by atoms with van der Waals surface area (Å²) in [5.74, 6) is 0. The van der Waals surface area contributed by atoms with Gasteiger partial charge in [0.2, 0.25) is 10.0 Å². The zero-order chi connectivity index (χ0) is 23.1. The van der Waals surface area contributed by atoms with E-state index in [9.17, 15) is 8.42 Å². The average molecular weight is 489 g/mol. The number of fused-ring (bicyclic) bond motifs is 1. The predicted octanol–water partition coefficient (Wildman–Crippen LogP) is 4.13. The number of H-pyrrole nitrogens is 1. The van der Waals surface area contributed by atoms with Gasteiger partial charge in [-0.1, -0.05) is 29.8 Å². The van der Waals surface area contributed by atoms with E-state index in [-0.39, 0.29) is 0 Å². The van der Waals surface area contributed by atoms with Crippen LogP contribution in [0.1, 0.15) is 24.8 Å². The Hall–Kier alpha value is -1.90. The van der Waals surface area contributed by atoms with Crippen LogP contribution in [0.3, 0.4) is 0 Å². The minimum atomic E-state index is -3.39. The Morgan fingerprint density at radius 1 is 0.909 bits per heavy atom. The smallest absolute Gasteiger partial charge is 0.240 e. The second-order valence-corrected chi connectivity index (χ2v) is 10.9. The Bertz CT molecular complexity index is 1130. The van der Waals surface area contributed by atoms with Gasteiger partial charge in [0.25, 0.3) is 0 Å². The number of nitrogens with zero attached hydrogens (tertiary/aromatic N) is 2. The van der Waals surface area contributed by atoms with Gasteiger partial charge in [-0.05, 0) is 74.7 Å². The second kappa shape index (κ2) is 11.5. The Balaban J connectivity index is 1.09. The van der Waals surface area contributed by atoms with Gasteiger partial charge in [0.15, 0.2) is 0 Å². The summed E-state index contributed by atoms with van der Waals surface area (Å²) in [6.45, 7) is 6.98. The monoisotopic (exact) mass is 488 g/mol. The molecule has 0 unspecified atom stereocenters. The SMILES string of the molecule is O=S(=O)(NCCCCN1CCN(CCCc2c[nH]c3ccc(Cl)cc23)CC1)c1ccccc1. The maximum atomic E-state index is 12.2. The minimum absolute atomic E-state index is 0.328. The quantitative estimate of drug-likeness (QED) is 0.398. The lowest BCUT2D eigenvalue weighted by Crippen LogP contribution is -2.46. The molecule has 4 rings (SSSR count). The van der Waals surface area contributed by atoms with Crippen molar-refractivity contribution in [1.82, 2.24) is 19.5 Å². The summed E-state index contributed by atoms with van der Waals surface area (Å²) in [4.78, 5) is 8.70. The molecule has 0 bridgehead atoms. The van der Waals surface area contributed by atoms with Crippen LogP contribution < -0.4 is 4.72 Å². The van der Waals surface area contributed by atoms with Crippen LogP contribution in [0.5, 0.6) is 0 Å². The first-order valence-electron chi connectivity index (χ1n) is 11.8. The van der Waals surface area contributed by atoms with Crippen LogP contribution in [0, 0.1) is 0 Å². The molecule has 2 aromatic carbocycles. The standard InChI is InChI=1S/C25H33ClN4O2S/c26-22-10-11-25-24(19-22)21(20-27-25)7-6-14-30-17-15-29(16-18-30)13-5-4-12-28-33(31,32)23-8-2-1-3-9-23/h1-3,8-11,19-20,27-28H,4-7,12-18H2. The number of unbranched alkanes of at least 4 members (excludes halogenated alkanes) is 1. The molecular formula is C25H33ClN4O2S. The van der Waals surface area contributed by atoms with Crippen LogP contribution in [-0.2, 0) is 16.4 Å². The first kappa shape index (κ1) is 24.2. The third-order valence-corrected chi connectivity index (χ3v) is 8.07. The Morgan fingerprint density at radius 2 is 1.61 bits per heavy atom. The third kappa shape index (κ3) is 6.80. The average Bonchev–Trinajstić information content (AvgIpc) is 3.22. The highest BCUT2D eigenvalue weighted by Gasteiger charge is 2.17. The number of sulfonamides is 1. The first-order valence-corrected chi connectivity index (χ1v) is 13.6. The van der Waals surface area contributed by atoms with Crippen molar-refractivity contribution in [1.29, 1.82) is 0 Å². The van der Waals surface area contributed by atoms with Crippen LogP contribution in [0.4, 0.5) is 0 Å². The molecular weight excluding hydrogens is 456 g/mol. The van der Waals surface area contributed by atoms with Crippen LogP contribution in [0.2, 0.25) is 5.02 Å². The highest BCUT2D eigenvalue weighted by atomic mass is 35.5. The molecule has 6 nitrogen and oxygen atoms in total. The molecule has 0 saturated carbocycles. The van der Waals surface area contributed by atoms with Crippen LogP contribution in [0.15, 0.2) is 59.6 Å². The summed E-state index contributed by atoms with van der Waals surface area (Å²) in [7, 11) is -3.39. The molecule has 8 heteroatoms. The number of aromatic amines is 1. The number of hydrogen-bond acceptors (Lipinski definition) is 4. The molecule has 0 atom stereocenters. The van der Waals surface area contributed by atoms with Crippen molar-refractivity contribution in [3.8, 4) is 0 Å². The Labute approximate surface area is 202 Å². The van der Waals surface area contributed by atoms with E-state index in [1.165, 1.54) is 10.9 Å². The second-order valence-electron chi connectivity index (χ2n) is 8.71. The van der Waals surface area contributed by atoms with E-state index in [0.717, 1.165) is 75.5 Å². The minimum Gasteiger partial charge on any atom is -0.361 e. The summed E-state index contributed by atoms with van der Waals surface area (Å²) < 4.78 is 27.2. The molecule has 1 saturated heterocycles. The van der Waals surface area contributed by atoms with Gasteiger partial charge in [0.1, 0.15) is 0 Å². The number of piperazine rings is 1. The van der Waals surface area contributed by atoms with Crippen molar-refractivity contribution in [2.24, 2.45) is 0 Å². The molecule has 1 aliphatic heterocycles. The highest BCUT2D eigenvalue weighted by molar-refractivity contribution is 7.89. The molecule has 33 heavy (non-hydrogen) atoms. The van der Waals surface area contributed by atoms with Crippen molar-refractivity contribution < 1.29 is 8.42 Å². The lowest BCUT2D eigenvalue weighted by atomic mass is 10.1. The van der Waals surface area contributed by atoms with E-state index in [1.807, 2.05) is 24.3 Å². The van der Waals surface area contributed by atoms with E-state index >= 15 is 0 Å². The molecule has 2 N–H and O–H groups in total. The van der Waals surface area contributed by atoms with E-state index < -0.39 is 10.0 Å². The number of hydrogen-bond donors (Lipinski definition) is 2. The van der Waals surface area contributed by atoms with E-state index in [2.05, 4.69) is 25.7 Å². The topological polar surface area (TPSA) is 68.4 Å². The molecule has 0 radical (unpaired) electrons. The molecule has 0 spiro atoms. The molecule has 2 heterocycles. The van der Waals surface area contributed by atoms with Gasteiger partial charge in [-0.15, -0.1) is 0 Å². The van der Waals surface area contributed by atoms with E-state index in [1.54, 1.807) is 24.3 Å². The highest BCUT2D eigenvalue weighted by Crippen LogP contribution is 2.23. The lowest BCUT2D eigenvalue weighted by Gasteiger charge is -2.34. The third-order valence-electron chi connectivity index (χ3n) is 6.36. The van der Waals surface area contributed by atoms with Crippen molar-refractivity contribution in [3.05, 3.63) is 65.3 Å². The molecule has 3 aromatic rings. The van der Waals surface area contributed by atoms with Crippen molar-refractivity contribution >= 4 is 32.5 Å². The number of aryl methyl sites for hydroxylation is 1. The summed E-state index contributed by atoms with van der Waals surface area (Å²) in [6, 6.07) is 14.6. The van der Waals surface area contributed by atoms with Crippen LogP contribution in [-0.4, -0.2) is 69.0 Å². The fourth-order valence-corrected chi connectivity index (χ4v) is 5.70. The van der Waals surface area contributed by atoms with Crippen molar-refractivity contribution in [3.63, 3.8) is 0 Å². The molecule has 1 fully saturated rings. The fraction of sp³-hybridized carbons (Fsp3) is 0.440. The molecule has 1 aromatic heterocycles. The van der Waals surface area contributed by atoms with Gasteiger partial charge in [0, 0.05) is 54.8 Å². The van der Waals surface area contributed by atoms with E-state index in [4.69, 9.17) is 11.6 Å². The maximum absolute atomic E-state index is 12.2. The van der Waals surface area contributed by atoms with Crippen molar-refractivity contribution in [2.75, 3.05) is 45.8 Å². The number of halogens is 1. The van der Waals surface area contributed by atoms with Gasteiger partial charge in [-0.2, -0.15) is 0 Å². The number of nitrogens with one attached hydrogen (secondary N) is 2. The van der Waals surface area contributed by atoms with Crippen LogP contribution in [0.25, 0.3) is 10.9 Å². The molecule has 0 amide bonds.